The molecule has 0 aliphatic carbocycles. The summed E-state index contributed by atoms with van der Waals surface area (Å²) in [6.07, 6.45) is 0.798. The molecule has 0 saturated carbocycles. The average Bonchev–Trinajstić information content (AvgIpc) is 3.06. The predicted molar refractivity (Wildman–Crippen MR) is 95.7 cm³/mol. The van der Waals surface area contributed by atoms with Gasteiger partial charge in [-0.05, 0) is 31.9 Å². The Bertz CT molecular complexity index is 804. The number of aryl methyl sites for hydroxylation is 2. The van der Waals surface area contributed by atoms with E-state index in [2.05, 4.69) is 10.2 Å². The fraction of sp³-hybridized carbons (Fsp3) is 0.444. The maximum Gasteiger partial charge on any atom is 0.233 e. The van der Waals surface area contributed by atoms with E-state index in [1.807, 2.05) is 44.2 Å². The molecule has 1 unspecified atom stereocenters. The van der Waals surface area contributed by atoms with Crippen LogP contribution in [0.25, 0.3) is 0 Å². The highest BCUT2D eigenvalue weighted by Crippen LogP contribution is 2.22. The molecule has 0 spiro atoms. The minimum atomic E-state index is -3.30. The van der Waals surface area contributed by atoms with Crippen LogP contribution in [0.15, 0.2) is 36.4 Å². The quantitative estimate of drug-likeness (QED) is 0.789. The lowest BCUT2D eigenvalue weighted by Crippen LogP contribution is -2.30. The number of hydrogen-bond acceptors (Lipinski definition) is 5. The van der Waals surface area contributed by atoms with Gasteiger partial charge in [-0.15, -0.1) is 5.10 Å². The summed E-state index contributed by atoms with van der Waals surface area (Å²) in [4.78, 5) is 0. The maximum atomic E-state index is 12.6. The van der Waals surface area contributed by atoms with Crippen LogP contribution in [0.4, 0.5) is 0 Å². The highest BCUT2D eigenvalue weighted by Gasteiger charge is 2.31. The topological polar surface area (TPSA) is 72.4 Å². The van der Waals surface area contributed by atoms with E-state index in [4.69, 9.17) is 4.74 Å². The van der Waals surface area contributed by atoms with Gasteiger partial charge < -0.3 is 4.74 Å². The molecule has 1 fully saturated rings. The second-order valence-electron chi connectivity index (χ2n) is 6.58. The standard InChI is InChI=1S/C18H23N3O3S/c1-14-3-6-16(7-4-14)13-25(22,23)21-10-9-17(11-21)12-24-18-8-5-15(2)19-20-18/h3-8,17H,9-13H2,1-2H3. The molecule has 1 aromatic carbocycles. The molecule has 1 aromatic heterocycles. The van der Waals surface area contributed by atoms with E-state index in [1.165, 1.54) is 0 Å². The van der Waals surface area contributed by atoms with Gasteiger partial charge in [-0.3, -0.25) is 0 Å². The van der Waals surface area contributed by atoms with Gasteiger partial charge in [-0.2, -0.15) is 5.10 Å². The first-order chi connectivity index (χ1) is 11.9. The number of aromatic nitrogens is 2. The van der Waals surface area contributed by atoms with Crippen LogP contribution in [-0.2, 0) is 15.8 Å². The molecule has 0 amide bonds. The van der Waals surface area contributed by atoms with Gasteiger partial charge in [0.05, 0.1) is 18.1 Å². The molecule has 25 heavy (non-hydrogen) atoms. The third-order valence-electron chi connectivity index (χ3n) is 4.35. The lowest BCUT2D eigenvalue weighted by molar-refractivity contribution is 0.244. The van der Waals surface area contributed by atoms with Crippen molar-refractivity contribution in [2.45, 2.75) is 26.0 Å². The Hall–Kier alpha value is -1.99. The Balaban J connectivity index is 1.54. The average molecular weight is 361 g/mol. The fourth-order valence-corrected chi connectivity index (χ4v) is 4.46. The van der Waals surface area contributed by atoms with E-state index in [0.717, 1.165) is 23.2 Å². The number of rotatable bonds is 6. The van der Waals surface area contributed by atoms with Crippen LogP contribution in [-0.4, -0.2) is 42.6 Å². The maximum absolute atomic E-state index is 12.6. The lowest BCUT2D eigenvalue weighted by atomic mass is 10.1. The van der Waals surface area contributed by atoms with Crippen molar-refractivity contribution in [1.82, 2.24) is 14.5 Å². The van der Waals surface area contributed by atoms with Crippen LogP contribution in [0.3, 0.4) is 0 Å². The fourth-order valence-electron chi connectivity index (χ4n) is 2.84. The summed E-state index contributed by atoms with van der Waals surface area (Å²) in [6.45, 7) is 5.34. The van der Waals surface area contributed by atoms with Crippen molar-refractivity contribution in [1.29, 1.82) is 0 Å². The first kappa shape index (κ1) is 17.8. The molecule has 2 heterocycles. The molecule has 7 heteroatoms. The molecule has 2 aromatic rings. The summed E-state index contributed by atoms with van der Waals surface area (Å²) in [6, 6.07) is 11.2. The van der Waals surface area contributed by atoms with Crippen molar-refractivity contribution < 1.29 is 13.2 Å². The van der Waals surface area contributed by atoms with Crippen LogP contribution in [0.1, 0.15) is 23.2 Å². The molecule has 0 radical (unpaired) electrons. The van der Waals surface area contributed by atoms with E-state index in [0.29, 0.717) is 25.6 Å². The minimum Gasteiger partial charge on any atom is -0.476 e. The molecular weight excluding hydrogens is 338 g/mol. The highest BCUT2D eigenvalue weighted by molar-refractivity contribution is 7.88. The van der Waals surface area contributed by atoms with Gasteiger partial charge in [0, 0.05) is 25.1 Å². The Morgan fingerprint density at radius 1 is 1.12 bits per heavy atom. The van der Waals surface area contributed by atoms with Gasteiger partial charge in [0.2, 0.25) is 15.9 Å². The Kier molecular flexibility index (Phi) is 5.34. The number of hydrogen-bond donors (Lipinski definition) is 0. The molecule has 1 saturated heterocycles. The van der Waals surface area contributed by atoms with Gasteiger partial charge in [0.15, 0.2) is 0 Å². The summed E-state index contributed by atoms with van der Waals surface area (Å²) in [5.74, 6) is 0.701. The largest absolute Gasteiger partial charge is 0.476 e. The van der Waals surface area contributed by atoms with E-state index in [-0.39, 0.29) is 11.7 Å². The van der Waals surface area contributed by atoms with Crippen LogP contribution in [0.2, 0.25) is 0 Å². The monoisotopic (exact) mass is 361 g/mol. The first-order valence-electron chi connectivity index (χ1n) is 8.39. The molecule has 0 N–H and O–H groups in total. The van der Waals surface area contributed by atoms with Crippen LogP contribution < -0.4 is 4.74 Å². The van der Waals surface area contributed by atoms with Gasteiger partial charge >= 0.3 is 0 Å². The summed E-state index contributed by atoms with van der Waals surface area (Å²) in [5, 5.41) is 7.92. The van der Waals surface area contributed by atoms with Crippen molar-refractivity contribution in [3.05, 3.63) is 53.2 Å². The summed E-state index contributed by atoms with van der Waals surface area (Å²) in [5.41, 5.74) is 2.78. The van der Waals surface area contributed by atoms with E-state index >= 15 is 0 Å². The Labute approximate surface area is 148 Å². The third-order valence-corrected chi connectivity index (χ3v) is 6.17. The van der Waals surface area contributed by atoms with E-state index < -0.39 is 10.0 Å². The normalized spacial score (nSPS) is 18.4. The third kappa shape index (κ3) is 4.76. The second kappa shape index (κ2) is 7.49. The van der Waals surface area contributed by atoms with Crippen LogP contribution in [0.5, 0.6) is 5.88 Å². The van der Waals surface area contributed by atoms with Crippen molar-refractivity contribution in [3.63, 3.8) is 0 Å². The number of ether oxygens (including phenoxy) is 1. The van der Waals surface area contributed by atoms with Crippen LogP contribution in [0, 0.1) is 19.8 Å². The van der Waals surface area contributed by atoms with Crippen molar-refractivity contribution >= 4 is 10.0 Å². The van der Waals surface area contributed by atoms with Crippen molar-refractivity contribution in [2.24, 2.45) is 5.92 Å². The molecule has 0 bridgehead atoms. The zero-order chi connectivity index (χ0) is 17.9. The molecule has 1 atom stereocenters. The van der Waals surface area contributed by atoms with Gasteiger partial charge in [-0.1, -0.05) is 29.8 Å². The summed E-state index contributed by atoms with van der Waals surface area (Å²) in [7, 11) is -3.30. The predicted octanol–water partition coefficient (Wildman–Crippen LogP) is 2.32. The van der Waals surface area contributed by atoms with E-state index in [9.17, 15) is 8.42 Å². The minimum absolute atomic E-state index is 0.0459. The summed E-state index contributed by atoms with van der Waals surface area (Å²) >= 11 is 0. The Morgan fingerprint density at radius 2 is 1.88 bits per heavy atom. The summed E-state index contributed by atoms with van der Waals surface area (Å²) < 4.78 is 32.4. The van der Waals surface area contributed by atoms with E-state index in [1.54, 1.807) is 10.4 Å². The number of nitrogens with zero attached hydrogens (tertiary/aromatic N) is 3. The molecule has 1 aliphatic heterocycles. The second-order valence-corrected chi connectivity index (χ2v) is 8.55. The lowest BCUT2D eigenvalue weighted by Gasteiger charge is -2.17. The highest BCUT2D eigenvalue weighted by atomic mass is 32.2. The van der Waals surface area contributed by atoms with Gasteiger partial charge in [0.1, 0.15) is 0 Å². The van der Waals surface area contributed by atoms with Crippen molar-refractivity contribution in [3.8, 4) is 5.88 Å². The Morgan fingerprint density at radius 3 is 2.56 bits per heavy atom. The molecule has 6 nitrogen and oxygen atoms in total. The van der Waals surface area contributed by atoms with Gasteiger partial charge in [0.25, 0.3) is 0 Å². The molecule has 1 aliphatic rings. The number of benzene rings is 1. The van der Waals surface area contributed by atoms with Gasteiger partial charge in [-0.25, -0.2) is 12.7 Å². The molecular formula is C18H23N3O3S. The zero-order valence-electron chi connectivity index (χ0n) is 14.6. The smallest absolute Gasteiger partial charge is 0.233 e. The number of sulfonamides is 1. The molecule has 3 rings (SSSR count). The zero-order valence-corrected chi connectivity index (χ0v) is 15.4. The first-order valence-corrected chi connectivity index (χ1v) is 10.00. The molecule has 134 valence electrons. The van der Waals surface area contributed by atoms with Crippen molar-refractivity contribution in [2.75, 3.05) is 19.7 Å². The SMILES string of the molecule is Cc1ccc(CS(=O)(=O)N2CCC(COc3ccc(C)nn3)C2)cc1. The van der Waals surface area contributed by atoms with Crippen LogP contribution >= 0.6 is 0 Å².